The maximum Gasteiger partial charge on any atom is 0.223 e. The van der Waals surface area contributed by atoms with E-state index in [1.54, 1.807) is 0 Å². The topological polar surface area (TPSA) is 32.8 Å². The summed E-state index contributed by atoms with van der Waals surface area (Å²) < 4.78 is 5.47. The maximum absolute atomic E-state index is 12.7. The molecule has 24 heavy (non-hydrogen) atoms. The average Bonchev–Trinajstić information content (AvgIpc) is 3.22. The van der Waals surface area contributed by atoms with Crippen molar-refractivity contribution >= 4 is 5.91 Å². The van der Waals surface area contributed by atoms with Gasteiger partial charge in [0.05, 0.1) is 6.61 Å². The molecule has 4 heteroatoms. The molecule has 2 aliphatic heterocycles. The fourth-order valence-corrected chi connectivity index (χ4v) is 4.24. The van der Waals surface area contributed by atoms with Gasteiger partial charge in [-0.05, 0) is 70.3 Å². The molecule has 0 aromatic heterocycles. The fraction of sp³-hybridized carbons (Fsp3) is 0.650. The van der Waals surface area contributed by atoms with E-state index in [2.05, 4.69) is 29.0 Å². The predicted molar refractivity (Wildman–Crippen MR) is 96.3 cm³/mol. The van der Waals surface area contributed by atoms with Crippen LogP contribution in [0.15, 0.2) is 24.3 Å². The van der Waals surface area contributed by atoms with Crippen molar-refractivity contribution in [3.8, 4) is 5.75 Å². The first-order valence-electron chi connectivity index (χ1n) is 9.40. The summed E-state index contributed by atoms with van der Waals surface area (Å²) in [6.07, 6.45) is 6.26. The van der Waals surface area contributed by atoms with E-state index in [1.807, 2.05) is 19.1 Å². The Bertz CT molecular complexity index is 543. The number of amides is 1. The van der Waals surface area contributed by atoms with Crippen LogP contribution in [0.2, 0.25) is 0 Å². The third-order valence-electron chi connectivity index (χ3n) is 5.50. The van der Waals surface area contributed by atoms with Crippen LogP contribution < -0.4 is 4.74 Å². The van der Waals surface area contributed by atoms with E-state index in [-0.39, 0.29) is 0 Å². The Labute approximate surface area is 145 Å². The molecule has 0 spiro atoms. The first-order chi connectivity index (χ1) is 11.7. The largest absolute Gasteiger partial charge is 0.494 e. The molecule has 0 aliphatic carbocycles. The van der Waals surface area contributed by atoms with E-state index < -0.39 is 0 Å². The molecule has 0 saturated carbocycles. The molecule has 1 aromatic carbocycles. The molecule has 1 aromatic rings. The second-order valence-electron chi connectivity index (χ2n) is 7.06. The molecule has 3 rings (SSSR count). The van der Waals surface area contributed by atoms with Crippen molar-refractivity contribution in [3.05, 3.63) is 29.8 Å². The summed E-state index contributed by atoms with van der Waals surface area (Å²) in [4.78, 5) is 17.4. The van der Waals surface area contributed by atoms with E-state index >= 15 is 0 Å². The van der Waals surface area contributed by atoms with Gasteiger partial charge in [0.2, 0.25) is 5.91 Å². The van der Waals surface area contributed by atoms with Crippen LogP contribution in [0.25, 0.3) is 0 Å². The zero-order chi connectivity index (χ0) is 16.9. The number of nitrogens with zero attached hydrogens (tertiary/aromatic N) is 2. The number of carbonyl (C=O) groups is 1. The van der Waals surface area contributed by atoms with Gasteiger partial charge in [-0.15, -0.1) is 0 Å². The summed E-state index contributed by atoms with van der Waals surface area (Å²) >= 11 is 0. The summed E-state index contributed by atoms with van der Waals surface area (Å²) in [5.74, 6) is 1.23. The summed E-state index contributed by atoms with van der Waals surface area (Å²) in [5, 5.41) is 0. The van der Waals surface area contributed by atoms with Crippen molar-refractivity contribution in [1.82, 2.24) is 9.80 Å². The zero-order valence-corrected chi connectivity index (χ0v) is 15.0. The second kappa shape index (κ2) is 8.02. The van der Waals surface area contributed by atoms with E-state index in [4.69, 9.17) is 4.74 Å². The average molecular weight is 330 g/mol. The summed E-state index contributed by atoms with van der Waals surface area (Å²) in [5.41, 5.74) is 1.21. The van der Waals surface area contributed by atoms with E-state index in [0.717, 1.165) is 25.1 Å². The molecule has 132 valence electrons. The van der Waals surface area contributed by atoms with Crippen molar-refractivity contribution in [1.29, 1.82) is 0 Å². The molecule has 0 radical (unpaired) electrons. The lowest BCUT2D eigenvalue weighted by atomic mass is 10.0. The van der Waals surface area contributed by atoms with Gasteiger partial charge in [0, 0.05) is 25.0 Å². The minimum absolute atomic E-state index is 0.326. The lowest BCUT2D eigenvalue weighted by molar-refractivity contribution is -0.132. The van der Waals surface area contributed by atoms with Gasteiger partial charge in [-0.1, -0.05) is 12.1 Å². The Hall–Kier alpha value is -1.55. The fourth-order valence-electron chi connectivity index (χ4n) is 4.24. The number of rotatable bonds is 6. The molecule has 0 N–H and O–H groups in total. The molecule has 2 atom stereocenters. The molecule has 2 fully saturated rings. The second-order valence-corrected chi connectivity index (χ2v) is 7.06. The highest BCUT2D eigenvalue weighted by atomic mass is 16.5. The lowest BCUT2D eigenvalue weighted by Gasteiger charge is -2.33. The zero-order valence-electron chi connectivity index (χ0n) is 15.0. The Kier molecular flexibility index (Phi) is 5.77. The van der Waals surface area contributed by atoms with Crippen LogP contribution in [0.1, 0.15) is 44.6 Å². The van der Waals surface area contributed by atoms with Crippen LogP contribution in [0, 0.1) is 0 Å². The molecule has 2 heterocycles. The van der Waals surface area contributed by atoms with Gasteiger partial charge in [-0.25, -0.2) is 0 Å². The summed E-state index contributed by atoms with van der Waals surface area (Å²) in [7, 11) is 2.21. The molecule has 0 unspecified atom stereocenters. The minimum atomic E-state index is 0.326. The van der Waals surface area contributed by atoms with Crippen LogP contribution in [-0.4, -0.2) is 54.5 Å². The van der Waals surface area contributed by atoms with Crippen molar-refractivity contribution in [2.45, 2.75) is 57.5 Å². The third kappa shape index (κ3) is 3.92. The molecular weight excluding hydrogens is 300 g/mol. The van der Waals surface area contributed by atoms with Crippen molar-refractivity contribution in [3.63, 3.8) is 0 Å². The Morgan fingerprint density at radius 2 is 1.83 bits per heavy atom. The molecular formula is C20H30N2O2. The Balaban J connectivity index is 1.54. The van der Waals surface area contributed by atoms with E-state index in [0.29, 0.717) is 31.0 Å². The van der Waals surface area contributed by atoms with Gasteiger partial charge >= 0.3 is 0 Å². The summed E-state index contributed by atoms with van der Waals surface area (Å²) in [6.45, 7) is 4.79. The normalized spacial score (nSPS) is 24.5. The van der Waals surface area contributed by atoms with E-state index in [1.165, 1.54) is 31.4 Å². The van der Waals surface area contributed by atoms with Crippen LogP contribution in [-0.2, 0) is 11.2 Å². The van der Waals surface area contributed by atoms with Gasteiger partial charge in [0.15, 0.2) is 0 Å². The standard InChI is InChI=1S/C20H30N2O2/c1-3-24-17-11-8-16(9-12-17)10-13-20(23)22-15-5-7-19(22)18-6-4-14-21(18)2/h8-9,11-12,18-19H,3-7,10,13-15H2,1-2H3/t18-,19+/m1/s1. The van der Waals surface area contributed by atoms with Crippen LogP contribution >= 0.6 is 0 Å². The first kappa shape index (κ1) is 17.3. The van der Waals surface area contributed by atoms with Gasteiger partial charge in [-0.3, -0.25) is 4.79 Å². The van der Waals surface area contributed by atoms with Crippen molar-refractivity contribution in [2.75, 3.05) is 26.7 Å². The van der Waals surface area contributed by atoms with Gasteiger partial charge in [-0.2, -0.15) is 0 Å². The smallest absolute Gasteiger partial charge is 0.223 e. The van der Waals surface area contributed by atoms with Crippen molar-refractivity contribution < 1.29 is 9.53 Å². The Morgan fingerprint density at radius 1 is 1.12 bits per heavy atom. The highest BCUT2D eigenvalue weighted by Crippen LogP contribution is 2.29. The van der Waals surface area contributed by atoms with Crippen LogP contribution in [0.4, 0.5) is 0 Å². The highest BCUT2D eigenvalue weighted by Gasteiger charge is 2.37. The van der Waals surface area contributed by atoms with Crippen molar-refractivity contribution in [2.24, 2.45) is 0 Å². The number of ether oxygens (including phenoxy) is 1. The molecule has 4 nitrogen and oxygen atoms in total. The molecule has 2 saturated heterocycles. The van der Waals surface area contributed by atoms with Crippen LogP contribution in [0.3, 0.4) is 0 Å². The SMILES string of the molecule is CCOc1ccc(CCC(=O)N2CCC[C@H]2[C@H]2CCCN2C)cc1. The van der Waals surface area contributed by atoms with Gasteiger partial charge in [0.1, 0.15) is 5.75 Å². The highest BCUT2D eigenvalue weighted by molar-refractivity contribution is 5.77. The van der Waals surface area contributed by atoms with E-state index in [9.17, 15) is 4.79 Å². The lowest BCUT2D eigenvalue weighted by Crippen LogP contribution is -2.47. The predicted octanol–water partition coefficient (Wildman–Crippen LogP) is 3.10. The third-order valence-corrected chi connectivity index (χ3v) is 5.50. The van der Waals surface area contributed by atoms with Gasteiger partial charge < -0.3 is 14.5 Å². The number of aryl methyl sites for hydroxylation is 1. The maximum atomic E-state index is 12.7. The minimum Gasteiger partial charge on any atom is -0.494 e. The number of likely N-dealkylation sites (N-methyl/N-ethyl adjacent to an activating group) is 1. The molecule has 0 bridgehead atoms. The number of likely N-dealkylation sites (tertiary alicyclic amines) is 2. The monoisotopic (exact) mass is 330 g/mol. The first-order valence-corrected chi connectivity index (χ1v) is 9.40. The summed E-state index contributed by atoms with van der Waals surface area (Å²) in [6, 6.07) is 9.15. The Morgan fingerprint density at radius 3 is 2.50 bits per heavy atom. The quantitative estimate of drug-likeness (QED) is 0.803. The molecule has 1 amide bonds. The number of benzene rings is 1. The molecule has 2 aliphatic rings. The number of hydrogen-bond acceptors (Lipinski definition) is 3. The number of carbonyl (C=O) groups excluding carboxylic acids is 1. The van der Waals surface area contributed by atoms with Gasteiger partial charge in [0.25, 0.3) is 0 Å². The number of hydrogen-bond donors (Lipinski definition) is 0. The van der Waals surface area contributed by atoms with Crippen LogP contribution in [0.5, 0.6) is 5.75 Å².